The van der Waals surface area contributed by atoms with Gasteiger partial charge in [0.1, 0.15) is 5.82 Å². The highest BCUT2D eigenvalue weighted by Crippen LogP contribution is 2.18. The smallest absolute Gasteiger partial charge is 0.260 e. The first kappa shape index (κ1) is 18.3. The number of fused-ring (bicyclic) bond motifs is 1. The van der Waals surface area contributed by atoms with E-state index in [1.807, 2.05) is 67.6 Å². The SMILES string of the molecule is CC(=NC(C)c1ccccc1)C(=CN)C(=O)Nc1ccc2ccccc2n1. The molecular weight excluding hydrogens is 336 g/mol. The molecule has 0 radical (unpaired) electrons. The van der Waals surface area contributed by atoms with Crippen molar-refractivity contribution in [3.05, 3.63) is 84.1 Å². The van der Waals surface area contributed by atoms with Crippen molar-refractivity contribution in [1.29, 1.82) is 0 Å². The number of aliphatic imine (C=N–C) groups is 1. The summed E-state index contributed by atoms with van der Waals surface area (Å²) in [6.45, 7) is 3.77. The summed E-state index contributed by atoms with van der Waals surface area (Å²) in [5, 5.41) is 3.81. The molecule has 136 valence electrons. The van der Waals surface area contributed by atoms with Crippen LogP contribution in [0.1, 0.15) is 25.5 Å². The van der Waals surface area contributed by atoms with Gasteiger partial charge in [-0.2, -0.15) is 0 Å². The number of hydrogen-bond acceptors (Lipinski definition) is 4. The van der Waals surface area contributed by atoms with Crippen molar-refractivity contribution in [1.82, 2.24) is 4.98 Å². The number of carbonyl (C=O) groups excluding carboxylic acids is 1. The summed E-state index contributed by atoms with van der Waals surface area (Å²) in [6, 6.07) is 21.3. The second-order valence-electron chi connectivity index (χ2n) is 6.22. The van der Waals surface area contributed by atoms with Crippen LogP contribution in [-0.4, -0.2) is 16.6 Å². The van der Waals surface area contributed by atoms with Crippen molar-refractivity contribution in [2.24, 2.45) is 10.7 Å². The summed E-state index contributed by atoms with van der Waals surface area (Å²) >= 11 is 0. The van der Waals surface area contributed by atoms with Crippen LogP contribution in [-0.2, 0) is 4.79 Å². The van der Waals surface area contributed by atoms with E-state index in [-0.39, 0.29) is 11.9 Å². The Morgan fingerprint density at radius 2 is 1.78 bits per heavy atom. The topological polar surface area (TPSA) is 80.4 Å². The summed E-state index contributed by atoms with van der Waals surface area (Å²) in [5.74, 6) is 0.142. The monoisotopic (exact) mass is 358 g/mol. The normalized spacial score (nSPS) is 13.4. The molecule has 1 heterocycles. The van der Waals surface area contributed by atoms with E-state index >= 15 is 0 Å². The Balaban J connectivity index is 1.77. The highest BCUT2D eigenvalue weighted by Gasteiger charge is 2.15. The molecule has 1 atom stereocenters. The third-order valence-corrected chi connectivity index (χ3v) is 4.31. The van der Waals surface area contributed by atoms with Crippen LogP contribution in [0.2, 0.25) is 0 Å². The lowest BCUT2D eigenvalue weighted by Crippen LogP contribution is -2.21. The van der Waals surface area contributed by atoms with E-state index in [9.17, 15) is 4.79 Å². The second-order valence-corrected chi connectivity index (χ2v) is 6.22. The van der Waals surface area contributed by atoms with Crippen LogP contribution in [0.25, 0.3) is 10.9 Å². The average Bonchev–Trinajstić information content (AvgIpc) is 2.69. The molecule has 0 aliphatic carbocycles. The van der Waals surface area contributed by atoms with Crippen LogP contribution in [0, 0.1) is 0 Å². The number of pyridine rings is 1. The van der Waals surface area contributed by atoms with Gasteiger partial charge in [0, 0.05) is 17.3 Å². The summed E-state index contributed by atoms with van der Waals surface area (Å²) in [6.07, 6.45) is 1.28. The van der Waals surface area contributed by atoms with Gasteiger partial charge in [0.15, 0.2) is 0 Å². The molecule has 3 aromatic rings. The van der Waals surface area contributed by atoms with E-state index < -0.39 is 0 Å². The molecule has 5 heteroatoms. The lowest BCUT2D eigenvalue weighted by molar-refractivity contribution is -0.112. The molecule has 0 aliphatic heterocycles. The fourth-order valence-electron chi connectivity index (χ4n) is 2.85. The number of nitrogens with one attached hydrogen (secondary N) is 1. The van der Waals surface area contributed by atoms with Gasteiger partial charge < -0.3 is 11.1 Å². The van der Waals surface area contributed by atoms with Gasteiger partial charge in [0.2, 0.25) is 0 Å². The molecule has 3 N–H and O–H groups in total. The number of amides is 1. The number of nitrogens with two attached hydrogens (primary N) is 1. The van der Waals surface area contributed by atoms with Crippen molar-refractivity contribution < 1.29 is 4.79 Å². The Morgan fingerprint density at radius 1 is 1.07 bits per heavy atom. The molecule has 0 spiro atoms. The van der Waals surface area contributed by atoms with Crippen molar-refractivity contribution >= 4 is 28.3 Å². The van der Waals surface area contributed by atoms with E-state index in [0.717, 1.165) is 16.5 Å². The van der Waals surface area contributed by atoms with Gasteiger partial charge in [-0.1, -0.05) is 48.5 Å². The summed E-state index contributed by atoms with van der Waals surface area (Å²) < 4.78 is 0. The number of nitrogens with zero attached hydrogens (tertiary/aromatic N) is 2. The second kappa shape index (κ2) is 8.27. The lowest BCUT2D eigenvalue weighted by atomic mass is 10.1. The van der Waals surface area contributed by atoms with Gasteiger partial charge in [-0.3, -0.25) is 9.79 Å². The summed E-state index contributed by atoms with van der Waals surface area (Å²) in [4.78, 5) is 21.7. The van der Waals surface area contributed by atoms with Gasteiger partial charge in [0.05, 0.1) is 17.1 Å². The predicted octanol–water partition coefficient (Wildman–Crippen LogP) is 4.24. The van der Waals surface area contributed by atoms with Gasteiger partial charge >= 0.3 is 0 Å². The van der Waals surface area contributed by atoms with E-state index in [2.05, 4.69) is 15.3 Å². The molecule has 2 aromatic carbocycles. The fourth-order valence-corrected chi connectivity index (χ4v) is 2.85. The Hall–Kier alpha value is -3.47. The minimum absolute atomic E-state index is 0.0762. The van der Waals surface area contributed by atoms with Crippen LogP contribution in [0.4, 0.5) is 5.82 Å². The number of para-hydroxylation sites is 1. The number of hydrogen-bond donors (Lipinski definition) is 2. The molecule has 5 nitrogen and oxygen atoms in total. The third kappa shape index (κ3) is 4.39. The largest absolute Gasteiger partial charge is 0.404 e. The quantitative estimate of drug-likeness (QED) is 0.529. The van der Waals surface area contributed by atoms with Gasteiger partial charge in [-0.15, -0.1) is 0 Å². The molecule has 3 rings (SSSR count). The van der Waals surface area contributed by atoms with E-state index in [1.54, 1.807) is 13.0 Å². The van der Waals surface area contributed by atoms with Crippen LogP contribution in [0.3, 0.4) is 0 Å². The van der Waals surface area contributed by atoms with Gasteiger partial charge in [-0.05, 0) is 37.6 Å². The maximum Gasteiger partial charge on any atom is 0.260 e. The number of benzene rings is 2. The number of carbonyl (C=O) groups is 1. The van der Waals surface area contributed by atoms with Crippen molar-refractivity contribution in [3.8, 4) is 0 Å². The van der Waals surface area contributed by atoms with Crippen LogP contribution < -0.4 is 11.1 Å². The summed E-state index contributed by atoms with van der Waals surface area (Å²) in [7, 11) is 0. The minimum atomic E-state index is -0.332. The highest BCUT2D eigenvalue weighted by molar-refractivity contribution is 6.24. The first-order valence-corrected chi connectivity index (χ1v) is 8.77. The summed E-state index contributed by atoms with van der Waals surface area (Å²) in [5.41, 5.74) is 8.50. The number of rotatable bonds is 5. The zero-order valence-electron chi connectivity index (χ0n) is 15.4. The third-order valence-electron chi connectivity index (χ3n) is 4.31. The maximum absolute atomic E-state index is 12.7. The molecule has 0 bridgehead atoms. The van der Waals surface area contributed by atoms with Crippen molar-refractivity contribution in [2.45, 2.75) is 19.9 Å². The number of aromatic nitrogens is 1. The fraction of sp³-hybridized carbons (Fsp3) is 0.136. The maximum atomic E-state index is 12.7. The molecule has 1 unspecified atom stereocenters. The van der Waals surface area contributed by atoms with Crippen LogP contribution >= 0.6 is 0 Å². The zero-order valence-corrected chi connectivity index (χ0v) is 15.4. The molecule has 0 saturated heterocycles. The van der Waals surface area contributed by atoms with Gasteiger partial charge in [-0.25, -0.2) is 4.98 Å². The predicted molar refractivity (Wildman–Crippen MR) is 111 cm³/mol. The van der Waals surface area contributed by atoms with E-state index in [0.29, 0.717) is 17.1 Å². The average molecular weight is 358 g/mol. The highest BCUT2D eigenvalue weighted by atomic mass is 16.1. The van der Waals surface area contributed by atoms with Crippen LogP contribution in [0.5, 0.6) is 0 Å². The Kier molecular flexibility index (Phi) is 5.61. The molecule has 1 aromatic heterocycles. The zero-order chi connectivity index (χ0) is 19.2. The standard InChI is InChI=1S/C22H22N4O/c1-15(17-8-4-3-5-9-17)24-16(2)19(14-23)22(27)26-21-13-12-18-10-6-7-11-20(18)25-21/h3-15H,23H2,1-2H3,(H,25,26,27). The Morgan fingerprint density at radius 3 is 2.52 bits per heavy atom. The first-order chi connectivity index (χ1) is 13.1. The van der Waals surface area contributed by atoms with E-state index in [4.69, 9.17) is 5.73 Å². The molecule has 0 fully saturated rings. The number of anilines is 1. The minimum Gasteiger partial charge on any atom is -0.404 e. The molecule has 0 aliphatic rings. The molecule has 27 heavy (non-hydrogen) atoms. The Bertz CT molecular complexity index is 1010. The molecular formula is C22H22N4O. The van der Waals surface area contributed by atoms with Gasteiger partial charge in [0.25, 0.3) is 5.91 Å². The lowest BCUT2D eigenvalue weighted by Gasteiger charge is -2.12. The van der Waals surface area contributed by atoms with E-state index in [1.165, 1.54) is 6.20 Å². The first-order valence-electron chi connectivity index (χ1n) is 8.77. The Labute approximate surface area is 158 Å². The van der Waals surface area contributed by atoms with Crippen LogP contribution in [0.15, 0.2) is 83.5 Å². The molecule has 0 saturated carbocycles. The molecule has 1 amide bonds. The van der Waals surface area contributed by atoms with Crippen molar-refractivity contribution in [3.63, 3.8) is 0 Å². The van der Waals surface area contributed by atoms with Crippen molar-refractivity contribution in [2.75, 3.05) is 5.32 Å².